The van der Waals surface area contributed by atoms with Gasteiger partial charge in [0.25, 0.3) is 11.8 Å². The summed E-state index contributed by atoms with van der Waals surface area (Å²) in [5.74, 6) is -0.121. The van der Waals surface area contributed by atoms with Crippen molar-refractivity contribution in [3.63, 3.8) is 0 Å². The summed E-state index contributed by atoms with van der Waals surface area (Å²) in [5, 5.41) is 5.66. The first kappa shape index (κ1) is 16.3. The van der Waals surface area contributed by atoms with Gasteiger partial charge in [-0.05, 0) is 32.0 Å². The number of hydrogen-bond acceptors (Lipinski definition) is 4. The number of carbonyl (C=O) groups is 2. The number of anilines is 1. The number of amides is 2. The van der Waals surface area contributed by atoms with E-state index in [1.54, 1.807) is 17.8 Å². The lowest BCUT2D eigenvalue weighted by molar-refractivity contribution is -0.909. The number of thioether (sulfide) groups is 1. The second-order valence-corrected chi connectivity index (χ2v) is 7.24. The zero-order chi connectivity index (χ0) is 16.4. The Labute approximate surface area is 139 Å². The van der Waals surface area contributed by atoms with E-state index in [4.69, 9.17) is 4.74 Å². The van der Waals surface area contributed by atoms with Crippen LogP contribution in [0.3, 0.4) is 0 Å². The van der Waals surface area contributed by atoms with Crippen LogP contribution >= 0.6 is 11.8 Å². The van der Waals surface area contributed by atoms with E-state index in [1.165, 1.54) is 4.90 Å². The summed E-state index contributed by atoms with van der Waals surface area (Å²) in [6, 6.07) is 5.56. The van der Waals surface area contributed by atoms with Crippen molar-refractivity contribution < 1.29 is 19.2 Å². The predicted octanol–water partition coefficient (Wildman–Crippen LogP) is 0.110. The number of carbonyl (C=O) groups excluding carboxylic acids is 2. The highest BCUT2D eigenvalue weighted by atomic mass is 32.2. The maximum atomic E-state index is 12.4. The summed E-state index contributed by atoms with van der Waals surface area (Å²) in [5.41, 5.74) is 1.29. The van der Waals surface area contributed by atoms with E-state index in [2.05, 4.69) is 10.6 Å². The van der Waals surface area contributed by atoms with Crippen molar-refractivity contribution in [3.8, 4) is 0 Å². The zero-order valence-electron chi connectivity index (χ0n) is 13.3. The van der Waals surface area contributed by atoms with E-state index in [9.17, 15) is 9.59 Å². The van der Waals surface area contributed by atoms with Crippen molar-refractivity contribution in [3.05, 3.63) is 23.8 Å². The minimum Gasteiger partial charge on any atom is -0.370 e. The van der Waals surface area contributed by atoms with E-state index < -0.39 is 0 Å². The molecular weight excluding hydrogens is 314 g/mol. The number of ether oxygens (including phenoxy) is 1. The van der Waals surface area contributed by atoms with Crippen molar-refractivity contribution in [2.24, 2.45) is 0 Å². The Morgan fingerprint density at radius 3 is 2.83 bits per heavy atom. The van der Waals surface area contributed by atoms with Crippen LogP contribution in [0.15, 0.2) is 23.1 Å². The van der Waals surface area contributed by atoms with Gasteiger partial charge in [-0.3, -0.25) is 9.59 Å². The van der Waals surface area contributed by atoms with Crippen LogP contribution in [-0.2, 0) is 9.53 Å². The number of quaternary nitrogens is 1. The SMILES string of the molecule is CC(C)NC(=O)c1ccc2c(c1)NC(=O)C([NH+]1CCOCC1)S2. The highest BCUT2D eigenvalue weighted by Gasteiger charge is 2.36. The van der Waals surface area contributed by atoms with Crippen LogP contribution in [0, 0.1) is 0 Å². The molecule has 124 valence electrons. The molecule has 1 unspecified atom stereocenters. The van der Waals surface area contributed by atoms with Crippen LogP contribution < -0.4 is 15.5 Å². The third kappa shape index (κ3) is 3.68. The molecule has 0 saturated carbocycles. The van der Waals surface area contributed by atoms with Crippen LogP contribution in [0.1, 0.15) is 24.2 Å². The maximum Gasteiger partial charge on any atom is 0.294 e. The van der Waals surface area contributed by atoms with Gasteiger partial charge in [-0.1, -0.05) is 11.8 Å². The van der Waals surface area contributed by atoms with Gasteiger partial charge in [-0.25, -0.2) is 0 Å². The van der Waals surface area contributed by atoms with Gasteiger partial charge in [0, 0.05) is 16.5 Å². The topological polar surface area (TPSA) is 71.9 Å². The summed E-state index contributed by atoms with van der Waals surface area (Å²) in [7, 11) is 0. The van der Waals surface area contributed by atoms with Crippen LogP contribution in [0.2, 0.25) is 0 Å². The zero-order valence-corrected chi connectivity index (χ0v) is 14.2. The largest absolute Gasteiger partial charge is 0.370 e. The van der Waals surface area contributed by atoms with E-state index in [1.807, 2.05) is 26.0 Å². The van der Waals surface area contributed by atoms with Gasteiger partial charge in [0.2, 0.25) is 5.37 Å². The summed E-state index contributed by atoms with van der Waals surface area (Å²) < 4.78 is 5.36. The molecule has 2 aliphatic heterocycles. The first-order chi connectivity index (χ1) is 11.0. The Balaban J connectivity index is 1.77. The summed E-state index contributed by atoms with van der Waals surface area (Å²) >= 11 is 1.57. The van der Waals surface area contributed by atoms with E-state index in [0.29, 0.717) is 18.8 Å². The molecule has 0 spiro atoms. The van der Waals surface area contributed by atoms with E-state index in [0.717, 1.165) is 23.7 Å². The third-order valence-electron chi connectivity index (χ3n) is 3.91. The lowest BCUT2D eigenvalue weighted by atomic mass is 10.1. The average Bonchev–Trinajstić information content (AvgIpc) is 2.54. The molecule has 2 heterocycles. The minimum atomic E-state index is -0.151. The molecule has 1 saturated heterocycles. The van der Waals surface area contributed by atoms with Crippen molar-refractivity contribution in [2.45, 2.75) is 30.2 Å². The van der Waals surface area contributed by atoms with E-state index in [-0.39, 0.29) is 23.2 Å². The molecule has 0 aromatic heterocycles. The molecule has 7 heteroatoms. The van der Waals surface area contributed by atoms with Crippen molar-refractivity contribution in [1.82, 2.24) is 5.32 Å². The van der Waals surface area contributed by atoms with Crippen LogP contribution in [0.25, 0.3) is 0 Å². The van der Waals surface area contributed by atoms with Gasteiger partial charge in [-0.2, -0.15) is 0 Å². The molecule has 3 N–H and O–H groups in total. The van der Waals surface area contributed by atoms with Crippen LogP contribution in [0.4, 0.5) is 5.69 Å². The molecule has 6 nitrogen and oxygen atoms in total. The molecule has 2 amide bonds. The third-order valence-corrected chi connectivity index (χ3v) is 5.30. The molecule has 1 aromatic carbocycles. The van der Waals surface area contributed by atoms with E-state index >= 15 is 0 Å². The molecule has 23 heavy (non-hydrogen) atoms. The fraction of sp³-hybridized carbons (Fsp3) is 0.500. The Bertz CT molecular complexity index is 615. The van der Waals surface area contributed by atoms with Gasteiger partial charge >= 0.3 is 0 Å². The number of nitrogens with one attached hydrogen (secondary N) is 3. The molecule has 0 radical (unpaired) electrons. The molecular formula is C16H22N3O3S+. The monoisotopic (exact) mass is 336 g/mol. The number of morpholine rings is 1. The number of hydrogen-bond donors (Lipinski definition) is 3. The molecule has 0 bridgehead atoms. The molecule has 1 atom stereocenters. The van der Waals surface area contributed by atoms with Gasteiger partial charge in [0.1, 0.15) is 13.1 Å². The quantitative estimate of drug-likeness (QED) is 0.733. The van der Waals surface area contributed by atoms with Crippen molar-refractivity contribution in [1.29, 1.82) is 0 Å². The molecule has 1 fully saturated rings. The van der Waals surface area contributed by atoms with Crippen molar-refractivity contribution >= 4 is 29.3 Å². The second kappa shape index (κ2) is 6.90. The van der Waals surface area contributed by atoms with Gasteiger partial charge in [-0.15, -0.1) is 0 Å². The number of fused-ring (bicyclic) bond motifs is 1. The standard InChI is InChI=1S/C16H21N3O3S/c1-10(2)17-14(20)11-3-4-13-12(9-11)18-15(21)16(23-13)19-5-7-22-8-6-19/h3-4,9-10,16H,5-8H2,1-2H3,(H,17,20)(H,18,21)/p+1. The first-order valence-corrected chi connectivity index (χ1v) is 8.77. The highest BCUT2D eigenvalue weighted by molar-refractivity contribution is 8.00. The number of rotatable bonds is 3. The Morgan fingerprint density at radius 2 is 2.13 bits per heavy atom. The number of benzene rings is 1. The average molecular weight is 336 g/mol. The summed E-state index contributed by atoms with van der Waals surface area (Å²) in [6.07, 6.45) is 0. The Hall–Kier alpha value is -1.57. The maximum absolute atomic E-state index is 12.4. The fourth-order valence-corrected chi connectivity index (χ4v) is 3.97. The minimum absolute atomic E-state index is 0.000757. The first-order valence-electron chi connectivity index (χ1n) is 7.89. The smallest absolute Gasteiger partial charge is 0.294 e. The highest BCUT2D eigenvalue weighted by Crippen LogP contribution is 2.34. The molecule has 2 aliphatic rings. The predicted molar refractivity (Wildman–Crippen MR) is 88.8 cm³/mol. The van der Waals surface area contributed by atoms with Crippen LogP contribution in [0.5, 0.6) is 0 Å². The second-order valence-electron chi connectivity index (χ2n) is 6.10. The Kier molecular flexibility index (Phi) is 4.89. The van der Waals surface area contributed by atoms with Crippen LogP contribution in [-0.4, -0.2) is 49.5 Å². The van der Waals surface area contributed by atoms with Gasteiger partial charge in [0.15, 0.2) is 0 Å². The lowest BCUT2D eigenvalue weighted by Gasteiger charge is -2.32. The molecule has 3 rings (SSSR count). The lowest BCUT2D eigenvalue weighted by Crippen LogP contribution is -3.18. The summed E-state index contributed by atoms with van der Waals surface area (Å²) in [6.45, 7) is 6.92. The fourth-order valence-electron chi connectivity index (χ4n) is 2.76. The van der Waals surface area contributed by atoms with Crippen molar-refractivity contribution in [2.75, 3.05) is 31.6 Å². The summed E-state index contributed by atoms with van der Waals surface area (Å²) in [4.78, 5) is 26.8. The van der Waals surface area contributed by atoms with Gasteiger partial charge in [0.05, 0.1) is 18.9 Å². The normalized spacial score (nSPS) is 21.7. The molecule has 0 aliphatic carbocycles. The Morgan fingerprint density at radius 1 is 1.39 bits per heavy atom. The van der Waals surface area contributed by atoms with Gasteiger partial charge < -0.3 is 20.3 Å². The molecule has 1 aromatic rings.